The number of hydrogen-bond acceptors (Lipinski definition) is 7. The van der Waals surface area contributed by atoms with Gasteiger partial charge in [0.05, 0.1) is 35.0 Å². The lowest BCUT2D eigenvalue weighted by atomic mass is 10.1. The van der Waals surface area contributed by atoms with Gasteiger partial charge in [-0.2, -0.15) is 0 Å². The largest absolute Gasteiger partial charge is 0.494 e. The maximum absolute atomic E-state index is 13.3. The van der Waals surface area contributed by atoms with E-state index < -0.39 is 17.8 Å². The number of benzene rings is 1. The van der Waals surface area contributed by atoms with Crippen molar-refractivity contribution in [2.75, 3.05) is 31.8 Å². The molecule has 0 aliphatic heterocycles. The summed E-state index contributed by atoms with van der Waals surface area (Å²) in [5.74, 6) is -0.621. The number of carbonyl (C=O) groups is 3. The Morgan fingerprint density at radius 3 is 2.45 bits per heavy atom. The van der Waals surface area contributed by atoms with Crippen LogP contribution in [0.5, 0.6) is 5.75 Å². The van der Waals surface area contributed by atoms with Crippen molar-refractivity contribution in [1.29, 1.82) is 0 Å². The lowest BCUT2D eigenvalue weighted by molar-refractivity contribution is 0.102. The van der Waals surface area contributed by atoms with Gasteiger partial charge < -0.3 is 26.4 Å². The Morgan fingerprint density at radius 1 is 1.13 bits per heavy atom. The smallest absolute Gasteiger partial charge is 0.321 e. The van der Waals surface area contributed by atoms with Crippen molar-refractivity contribution in [2.24, 2.45) is 10.7 Å². The van der Waals surface area contributed by atoms with Gasteiger partial charge in [0.15, 0.2) is 0 Å². The third-order valence-corrected chi connectivity index (χ3v) is 7.04. The second kappa shape index (κ2) is 12.8. The number of carbonyl (C=O) groups excluding carboxylic acids is 3. The second-order valence-electron chi connectivity index (χ2n) is 7.43. The topological polar surface area (TPSA) is 151 Å². The molecular weight excluding hydrogens is 577 g/mol. The summed E-state index contributed by atoms with van der Waals surface area (Å²) in [6.45, 7) is -0.0303. The number of thiophene rings is 1. The van der Waals surface area contributed by atoms with E-state index >= 15 is 0 Å². The van der Waals surface area contributed by atoms with Gasteiger partial charge in [-0.15, -0.1) is 11.3 Å². The molecule has 0 bridgehead atoms. The standard InChI is InChI=1S/C23H22Cl3N7O4S/c1-28-23(29-2)33(22(27)36)9-11-10-38-19(17(11)26)21(35)32-18-14(6-13(25)7-15(18)37-3)20(34)31-16-5-4-12(24)8-30-16/h4-8,10H,9H2,1-3H3,(H2,27,36)(H,28,29)(H,32,35)(H,30,31,34). The first-order chi connectivity index (χ1) is 18.1. The van der Waals surface area contributed by atoms with E-state index in [2.05, 4.69) is 25.9 Å². The number of aromatic nitrogens is 1. The lowest BCUT2D eigenvalue weighted by Gasteiger charge is -2.21. The summed E-state index contributed by atoms with van der Waals surface area (Å²) in [5, 5.41) is 10.4. The zero-order valence-electron chi connectivity index (χ0n) is 20.3. The molecule has 5 N–H and O–H groups in total. The first kappa shape index (κ1) is 29.0. The predicted molar refractivity (Wildman–Crippen MR) is 150 cm³/mol. The Labute approximate surface area is 236 Å². The van der Waals surface area contributed by atoms with E-state index in [-0.39, 0.29) is 50.2 Å². The minimum atomic E-state index is -0.759. The van der Waals surface area contributed by atoms with Crippen molar-refractivity contribution < 1.29 is 19.1 Å². The van der Waals surface area contributed by atoms with E-state index in [9.17, 15) is 14.4 Å². The molecule has 0 spiro atoms. The number of anilines is 2. The van der Waals surface area contributed by atoms with Gasteiger partial charge in [-0.1, -0.05) is 34.8 Å². The number of nitrogens with two attached hydrogens (primary N) is 1. The molecule has 0 aliphatic carbocycles. The number of pyridine rings is 1. The molecule has 200 valence electrons. The van der Waals surface area contributed by atoms with E-state index in [1.54, 1.807) is 18.5 Å². The first-order valence-electron chi connectivity index (χ1n) is 10.7. The number of nitrogens with zero attached hydrogens (tertiary/aromatic N) is 3. The Hall–Kier alpha value is -3.58. The van der Waals surface area contributed by atoms with Crippen LogP contribution in [0.25, 0.3) is 0 Å². The predicted octanol–water partition coefficient (Wildman–Crippen LogP) is 4.70. The average Bonchev–Trinajstić information content (AvgIpc) is 3.25. The number of aliphatic imine (C=N–C) groups is 1. The highest BCUT2D eigenvalue weighted by Gasteiger charge is 2.25. The number of ether oxygens (including phenoxy) is 1. The zero-order chi connectivity index (χ0) is 28.0. The van der Waals surface area contributed by atoms with Crippen molar-refractivity contribution in [3.8, 4) is 5.75 Å². The summed E-state index contributed by atoms with van der Waals surface area (Å²) in [6, 6.07) is 5.15. The van der Waals surface area contributed by atoms with E-state index in [1.807, 2.05) is 0 Å². The summed E-state index contributed by atoms with van der Waals surface area (Å²) in [4.78, 5) is 47.6. The van der Waals surface area contributed by atoms with Gasteiger partial charge in [0.2, 0.25) is 5.96 Å². The Morgan fingerprint density at radius 2 is 1.87 bits per heavy atom. The van der Waals surface area contributed by atoms with Gasteiger partial charge in [0.25, 0.3) is 11.8 Å². The molecule has 0 atom stereocenters. The molecule has 4 amide bonds. The zero-order valence-corrected chi connectivity index (χ0v) is 23.3. The van der Waals surface area contributed by atoms with E-state index in [1.165, 1.54) is 43.5 Å². The molecule has 11 nitrogen and oxygen atoms in total. The number of methoxy groups -OCH3 is 1. The van der Waals surface area contributed by atoms with Crippen LogP contribution >= 0.6 is 46.1 Å². The normalized spacial score (nSPS) is 11.1. The fraction of sp³-hybridized carbons (Fsp3) is 0.174. The van der Waals surface area contributed by atoms with E-state index in [4.69, 9.17) is 45.3 Å². The highest BCUT2D eigenvalue weighted by atomic mass is 35.5. The van der Waals surface area contributed by atoms with Crippen LogP contribution in [0.2, 0.25) is 15.1 Å². The molecule has 0 fully saturated rings. The fourth-order valence-electron chi connectivity index (χ4n) is 3.29. The van der Waals surface area contributed by atoms with Crippen LogP contribution in [0, 0.1) is 0 Å². The molecule has 0 unspecified atom stereocenters. The monoisotopic (exact) mass is 597 g/mol. The molecule has 0 aliphatic rings. The van der Waals surface area contributed by atoms with Crippen LogP contribution < -0.4 is 26.4 Å². The molecule has 0 radical (unpaired) electrons. The van der Waals surface area contributed by atoms with Crippen molar-refractivity contribution in [3.63, 3.8) is 0 Å². The first-order valence-corrected chi connectivity index (χ1v) is 12.7. The van der Waals surface area contributed by atoms with Gasteiger partial charge in [0.1, 0.15) is 16.4 Å². The van der Waals surface area contributed by atoms with Crippen LogP contribution in [0.3, 0.4) is 0 Å². The molecule has 15 heteroatoms. The number of nitrogens with one attached hydrogen (secondary N) is 3. The van der Waals surface area contributed by atoms with Crippen LogP contribution in [-0.4, -0.2) is 54.9 Å². The van der Waals surface area contributed by atoms with Crippen LogP contribution in [0.1, 0.15) is 25.6 Å². The minimum absolute atomic E-state index is 0.0186. The minimum Gasteiger partial charge on any atom is -0.494 e. The van der Waals surface area contributed by atoms with Crippen molar-refractivity contribution in [2.45, 2.75) is 6.54 Å². The van der Waals surface area contributed by atoms with Crippen LogP contribution in [-0.2, 0) is 6.54 Å². The molecule has 0 saturated heterocycles. The Balaban J connectivity index is 1.91. The van der Waals surface area contributed by atoms with Gasteiger partial charge >= 0.3 is 6.03 Å². The van der Waals surface area contributed by atoms with Crippen molar-refractivity contribution >= 4 is 81.4 Å². The molecule has 0 saturated carbocycles. The summed E-state index contributed by atoms with van der Waals surface area (Å²) in [6.07, 6.45) is 1.38. The maximum atomic E-state index is 13.3. The van der Waals surface area contributed by atoms with Gasteiger partial charge in [-0.3, -0.25) is 19.5 Å². The number of guanidine groups is 1. The summed E-state index contributed by atoms with van der Waals surface area (Å²) in [7, 11) is 4.45. The number of hydrogen-bond donors (Lipinski definition) is 4. The van der Waals surface area contributed by atoms with E-state index in [0.29, 0.717) is 10.6 Å². The number of urea groups is 1. The van der Waals surface area contributed by atoms with Gasteiger partial charge in [-0.05, 0) is 23.6 Å². The number of primary amides is 1. The summed E-state index contributed by atoms with van der Waals surface area (Å²) >= 11 is 19.6. The van der Waals surface area contributed by atoms with Crippen molar-refractivity contribution in [3.05, 3.63) is 66.9 Å². The number of rotatable bonds is 7. The third-order valence-electron chi connectivity index (χ3n) is 5.03. The molecular formula is C23H22Cl3N7O4S. The second-order valence-corrected chi connectivity index (χ2v) is 9.56. The summed E-state index contributed by atoms with van der Waals surface area (Å²) < 4.78 is 5.37. The van der Waals surface area contributed by atoms with Crippen LogP contribution in [0.15, 0.2) is 40.8 Å². The molecule has 38 heavy (non-hydrogen) atoms. The molecule has 3 aromatic rings. The quantitative estimate of drug-likeness (QED) is 0.229. The summed E-state index contributed by atoms with van der Waals surface area (Å²) in [5.41, 5.74) is 6.03. The fourth-order valence-corrected chi connectivity index (χ4v) is 4.85. The van der Waals surface area contributed by atoms with Gasteiger partial charge in [-0.25, -0.2) is 9.78 Å². The highest BCUT2D eigenvalue weighted by Crippen LogP contribution is 2.35. The molecule has 2 aromatic heterocycles. The number of halogens is 3. The van der Waals surface area contributed by atoms with E-state index in [0.717, 1.165) is 11.3 Å². The lowest BCUT2D eigenvalue weighted by Crippen LogP contribution is -2.45. The van der Waals surface area contributed by atoms with Crippen molar-refractivity contribution in [1.82, 2.24) is 15.2 Å². The maximum Gasteiger partial charge on any atom is 0.321 e. The third kappa shape index (κ3) is 6.64. The van der Waals surface area contributed by atoms with Crippen LogP contribution in [0.4, 0.5) is 16.3 Å². The molecule has 1 aromatic carbocycles. The molecule has 2 heterocycles. The molecule has 3 rings (SSSR count). The highest BCUT2D eigenvalue weighted by molar-refractivity contribution is 7.13. The average molecular weight is 599 g/mol. The SMILES string of the molecule is C/N=C(/NC)N(Cc1csc(C(=O)Nc2c(OC)cc(Cl)cc2C(=O)Nc2ccc(Cl)cn2)c1Cl)C(N)=O. The Kier molecular flexibility index (Phi) is 9.75. The Bertz CT molecular complexity index is 1400. The number of amides is 4. The van der Waals surface area contributed by atoms with Gasteiger partial charge in [0, 0.05) is 36.9 Å².